The van der Waals surface area contributed by atoms with Crippen LogP contribution < -0.4 is 0 Å². The molecule has 1 nitrogen and oxygen atoms in total. The van der Waals surface area contributed by atoms with Crippen LogP contribution in [0.4, 0.5) is 0 Å². The van der Waals surface area contributed by atoms with E-state index < -0.39 is 7.14 Å². The lowest BCUT2D eigenvalue weighted by Gasteiger charge is -2.45. The van der Waals surface area contributed by atoms with E-state index in [2.05, 4.69) is 6.92 Å². The third-order valence-corrected chi connectivity index (χ3v) is 12.8. The lowest BCUT2D eigenvalue weighted by atomic mass is 9.85. The third kappa shape index (κ3) is 4.94. The molecule has 3 aliphatic rings. The Bertz CT molecular complexity index is 398. The summed E-state index contributed by atoms with van der Waals surface area (Å²) in [6.45, 7) is 2.31. The predicted octanol–water partition coefficient (Wildman–Crippen LogP) is 8.15. The number of unbranched alkanes of at least 4 members (excludes halogenated alkanes) is 2. The molecule has 146 valence electrons. The van der Waals surface area contributed by atoms with Crippen LogP contribution in [0.3, 0.4) is 0 Å². The van der Waals surface area contributed by atoms with Crippen LogP contribution in [-0.4, -0.2) is 17.0 Å². The zero-order valence-corrected chi connectivity index (χ0v) is 17.8. The minimum atomic E-state index is -2.02. The maximum absolute atomic E-state index is 14.8. The van der Waals surface area contributed by atoms with Crippen molar-refractivity contribution in [3.8, 4) is 0 Å². The minimum Gasteiger partial charge on any atom is -0.323 e. The van der Waals surface area contributed by atoms with Gasteiger partial charge in [-0.2, -0.15) is 0 Å². The molecule has 2 atom stereocenters. The van der Waals surface area contributed by atoms with Gasteiger partial charge in [0.15, 0.2) is 0 Å². The smallest absolute Gasteiger partial charge is 0.0965 e. The standard InChI is InChI=1S/C23H43OP/c1-2-3-6-12-20-13-11-18-23(19-20)25(24,21-14-7-4-8-15-21)22-16-9-5-10-17-22/h20-23H,2-19H2,1H3. The summed E-state index contributed by atoms with van der Waals surface area (Å²) in [5.74, 6) is 0.894. The van der Waals surface area contributed by atoms with Crippen molar-refractivity contribution in [1.29, 1.82) is 0 Å². The van der Waals surface area contributed by atoms with Crippen molar-refractivity contribution in [2.45, 2.75) is 139 Å². The number of rotatable bonds is 7. The van der Waals surface area contributed by atoms with Crippen LogP contribution in [0, 0.1) is 5.92 Å². The normalized spacial score (nSPS) is 30.4. The largest absolute Gasteiger partial charge is 0.323 e. The first-order valence-corrected chi connectivity index (χ1v) is 13.8. The average Bonchev–Trinajstić information content (AvgIpc) is 2.69. The molecular formula is C23H43OP. The van der Waals surface area contributed by atoms with Gasteiger partial charge in [-0.25, -0.2) is 0 Å². The first-order chi connectivity index (χ1) is 12.2. The van der Waals surface area contributed by atoms with E-state index in [0.29, 0.717) is 17.0 Å². The molecule has 0 bridgehead atoms. The van der Waals surface area contributed by atoms with Gasteiger partial charge < -0.3 is 4.57 Å². The van der Waals surface area contributed by atoms with Crippen molar-refractivity contribution >= 4 is 7.14 Å². The summed E-state index contributed by atoms with van der Waals surface area (Å²) >= 11 is 0. The maximum Gasteiger partial charge on any atom is 0.0965 e. The van der Waals surface area contributed by atoms with Crippen molar-refractivity contribution in [2.75, 3.05) is 0 Å². The fourth-order valence-corrected chi connectivity index (χ4v) is 11.8. The van der Waals surface area contributed by atoms with Gasteiger partial charge in [0.25, 0.3) is 0 Å². The lowest BCUT2D eigenvalue weighted by Crippen LogP contribution is -2.33. The van der Waals surface area contributed by atoms with Gasteiger partial charge in [-0.1, -0.05) is 84.0 Å². The Balaban J connectivity index is 1.72. The summed E-state index contributed by atoms with van der Waals surface area (Å²) < 4.78 is 14.8. The molecule has 0 heterocycles. The van der Waals surface area contributed by atoms with E-state index >= 15 is 0 Å². The van der Waals surface area contributed by atoms with Gasteiger partial charge in [0.1, 0.15) is 0 Å². The molecule has 3 fully saturated rings. The van der Waals surface area contributed by atoms with E-state index in [1.807, 2.05) is 0 Å². The van der Waals surface area contributed by atoms with E-state index in [-0.39, 0.29) is 0 Å². The molecule has 0 amide bonds. The Kier molecular flexibility index (Phi) is 7.96. The van der Waals surface area contributed by atoms with Gasteiger partial charge >= 0.3 is 0 Å². The molecule has 0 radical (unpaired) electrons. The summed E-state index contributed by atoms with van der Waals surface area (Å²) in [5.41, 5.74) is 1.84. The Morgan fingerprint density at radius 1 is 0.680 bits per heavy atom. The molecule has 3 aliphatic carbocycles. The molecule has 2 heteroatoms. The van der Waals surface area contributed by atoms with E-state index in [4.69, 9.17) is 0 Å². The van der Waals surface area contributed by atoms with Crippen LogP contribution in [0.15, 0.2) is 0 Å². The Morgan fingerprint density at radius 3 is 1.80 bits per heavy atom. The monoisotopic (exact) mass is 366 g/mol. The summed E-state index contributed by atoms with van der Waals surface area (Å²) in [7, 11) is -2.02. The van der Waals surface area contributed by atoms with Crippen LogP contribution in [0.5, 0.6) is 0 Å². The van der Waals surface area contributed by atoms with Crippen molar-refractivity contribution in [3.63, 3.8) is 0 Å². The van der Waals surface area contributed by atoms with Crippen LogP contribution in [0.1, 0.15) is 122 Å². The summed E-state index contributed by atoms with van der Waals surface area (Å²) in [6.07, 6.45) is 24.4. The van der Waals surface area contributed by atoms with Crippen molar-refractivity contribution in [1.82, 2.24) is 0 Å². The van der Waals surface area contributed by atoms with E-state index in [1.165, 1.54) is 116 Å². The molecule has 2 unspecified atom stereocenters. The molecule has 25 heavy (non-hydrogen) atoms. The van der Waals surface area contributed by atoms with E-state index in [9.17, 15) is 4.57 Å². The van der Waals surface area contributed by atoms with Gasteiger partial charge in [0, 0.05) is 17.0 Å². The highest BCUT2D eigenvalue weighted by molar-refractivity contribution is 7.66. The summed E-state index contributed by atoms with van der Waals surface area (Å²) in [4.78, 5) is 0. The molecule has 3 rings (SSSR count). The van der Waals surface area contributed by atoms with Crippen molar-refractivity contribution in [2.24, 2.45) is 5.92 Å². The SMILES string of the molecule is CCCCCC1CCCC(P(=O)(C2CCCCC2)C2CCCCC2)C1. The lowest BCUT2D eigenvalue weighted by molar-refractivity contribution is 0.321. The zero-order valence-electron chi connectivity index (χ0n) is 16.9. The molecule has 0 N–H and O–H groups in total. The molecule has 0 spiro atoms. The quantitative estimate of drug-likeness (QED) is 0.328. The predicted molar refractivity (Wildman–Crippen MR) is 111 cm³/mol. The number of hydrogen-bond donors (Lipinski definition) is 0. The first kappa shape index (κ1) is 20.0. The first-order valence-electron chi connectivity index (χ1n) is 11.8. The molecule has 0 aliphatic heterocycles. The second-order valence-corrected chi connectivity index (χ2v) is 13.2. The molecule has 0 aromatic heterocycles. The fourth-order valence-electron chi connectivity index (χ4n) is 6.44. The van der Waals surface area contributed by atoms with Gasteiger partial charge in [-0.3, -0.25) is 0 Å². The summed E-state index contributed by atoms with van der Waals surface area (Å²) in [6, 6.07) is 0. The summed E-state index contributed by atoms with van der Waals surface area (Å²) in [5, 5.41) is 0. The van der Waals surface area contributed by atoms with Gasteiger partial charge in [0.05, 0.1) is 7.14 Å². The van der Waals surface area contributed by atoms with Gasteiger partial charge in [-0.15, -0.1) is 0 Å². The average molecular weight is 367 g/mol. The van der Waals surface area contributed by atoms with Crippen molar-refractivity contribution < 1.29 is 4.57 Å². The number of hydrogen-bond acceptors (Lipinski definition) is 1. The third-order valence-electron chi connectivity index (χ3n) is 7.83. The highest BCUT2D eigenvalue weighted by atomic mass is 31.2. The topological polar surface area (TPSA) is 17.1 Å². The second kappa shape index (κ2) is 9.96. The van der Waals surface area contributed by atoms with Crippen LogP contribution >= 0.6 is 7.14 Å². The Labute approximate surface area is 157 Å². The fraction of sp³-hybridized carbons (Fsp3) is 1.00. The highest BCUT2D eigenvalue weighted by Gasteiger charge is 2.47. The molecule has 3 saturated carbocycles. The van der Waals surface area contributed by atoms with Crippen LogP contribution in [-0.2, 0) is 4.57 Å². The molecular weight excluding hydrogens is 323 g/mol. The van der Waals surface area contributed by atoms with Crippen LogP contribution in [0.2, 0.25) is 0 Å². The zero-order chi connectivity index (χ0) is 17.5. The second-order valence-electron chi connectivity index (χ2n) is 9.53. The van der Waals surface area contributed by atoms with Crippen LogP contribution in [0.25, 0.3) is 0 Å². The highest BCUT2D eigenvalue weighted by Crippen LogP contribution is 2.68. The van der Waals surface area contributed by atoms with Gasteiger partial charge in [-0.05, 0) is 44.4 Å². The van der Waals surface area contributed by atoms with Gasteiger partial charge in [0.2, 0.25) is 0 Å². The minimum absolute atomic E-state index is 0.610. The Hall–Kier alpha value is 0.230. The molecule has 0 aromatic carbocycles. The molecule has 0 aromatic rings. The molecule has 0 saturated heterocycles. The maximum atomic E-state index is 14.8. The van der Waals surface area contributed by atoms with Crippen molar-refractivity contribution in [3.05, 3.63) is 0 Å². The Morgan fingerprint density at radius 2 is 1.24 bits per heavy atom. The van der Waals surface area contributed by atoms with E-state index in [1.54, 1.807) is 0 Å². The van der Waals surface area contributed by atoms with E-state index in [0.717, 1.165) is 5.92 Å².